The lowest BCUT2D eigenvalue weighted by Gasteiger charge is -2.07. The van der Waals surface area contributed by atoms with E-state index in [1.54, 1.807) is 24.3 Å². The van der Waals surface area contributed by atoms with Crippen LogP contribution in [0.2, 0.25) is 0 Å². The molecule has 0 spiro atoms. The third-order valence-corrected chi connectivity index (χ3v) is 3.39. The summed E-state index contributed by atoms with van der Waals surface area (Å²) in [6.07, 6.45) is 0. The maximum atomic E-state index is 9.24. The Hall–Kier alpha value is -2.62. The van der Waals surface area contributed by atoms with Crippen molar-refractivity contribution >= 4 is 16.6 Å². The molecular formula is C16H16N2O2. The number of aryl methyl sites for hydroxylation is 1. The number of fused-ring (bicyclic) bond motifs is 1. The summed E-state index contributed by atoms with van der Waals surface area (Å²) in [5.41, 5.74) is 8.73. The Morgan fingerprint density at radius 3 is 2.60 bits per heavy atom. The number of nitrogens with two attached hydrogens (primary N) is 1. The zero-order valence-corrected chi connectivity index (χ0v) is 11.2. The summed E-state index contributed by atoms with van der Waals surface area (Å²) in [7, 11) is 2.00. The molecule has 0 atom stereocenters. The second-order valence-electron chi connectivity index (χ2n) is 4.80. The first-order valence-corrected chi connectivity index (χ1v) is 6.39. The highest BCUT2D eigenvalue weighted by Gasteiger charge is 2.06. The lowest BCUT2D eigenvalue weighted by atomic mass is 10.2. The molecule has 1 aromatic heterocycles. The van der Waals surface area contributed by atoms with Gasteiger partial charge in [-0.05, 0) is 42.5 Å². The number of nitrogens with zero attached hydrogens (tertiary/aromatic N) is 1. The van der Waals surface area contributed by atoms with E-state index in [1.165, 1.54) is 0 Å². The third kappa shape index (κ3) is 2.28. The van der Waals surface area contributed by atoms with Crippen LogP contribution >= 0.6 is 0 Å². The molecule has 4 heteroatoms. The van der Waals surface area contributed by atoms with Crippen molar-refractivity contribution < 1.29 is 9.84 Å². The summed E-state index contributed by atoms with van der Waals surface area (Å²) >= 11 is 0. The van der Waals surface area contributed by atoms with E-state index in [1.807, 2.05) is 25.2 Å². The van der Waals surface area contributed by atoms with E-state index in [-0.39, 0.29) is 5.75 Å². The Bertz CT molecular complexity index is 745. The van der Waals surface area contributed by atoms with E-state index < -0.39 is 0 Å². The van der Waals surface area contributed by atoms with Crippen LogP contribution in [-0.4, -0.2) is 9.67 Å². The van der Waals surface area contributed by atoms with Gasteiger partial charge in [-0.3, -0.25) is 0 Å². The summed E-state index contributed by atoms with van der Waals surface area (Å²) in [5, 5.41) is 10.4. The van der Waals surface area contributed by atoms with Crippen molar-refractivity contribution in [2.24, 2.45) is 7.05 Å². The van der Waals surface area contributed by atoms with Crippen molar-refractivity contribution in [1.29, 1.82) is 0 Å². The Labute approximate surface area is 117 Å². The third-order valence-electron chi connectivity index (χ3n) is 3.39. The summed E-state index contributed by atoms with van der Waals surface area (Å²) in [6, 6.07) is 14.7. The Morgan fingerprint density at radius 2 is 1.85 bits per heavy atom. The second kappa shape index (κ2) is 4.81. The normalized spacial score (nSPS) is 10.8. The Balaban J connectivity index is 1.84. The SMILES string of the molecule is Cn1c(COc2ccc(O)cc2)cc2ccc(N)cc21. The number of phenols is 1. The van der Waals surface area contributed by atoms with Gasteiger partial charge < -0.3 is 20.1 Å². The van der Waals surface area contributed by atoms with Crippen LogP contribution in [0.4, 0.5) is 5.69 Å². The number of anilines is 1. The number of ether oxygens (including phenoxy) is 1. The predicted molar refractivity (Wildman–Crippen MR) is 79.8 cm³/mol. The summed E-state index contributed by atoms with van der Waals surface area (Å²) in [5.74, 6) is 0.963. The fourth-order valence-electron chi connectivity index (χ4n) is 2.24. The minimum Gasteiger partial charge on any atom is -0.508 e. The number of aromatic nitrogens is 1. The zero-order chi connectivity index (χ0) is 14.1. The molecule has 0 saturated heterocycles. The van der Waals surface area contributed by atoms with Crippen LogP contribution in [0.25, 0.3) is 10.9 Å². The van der Waals surface area contributed by atoms with Crippen LogP contribution in [0.15, 0.2) is 48.5 Å². The van der Waals surface area contributed by atoms with Gasteiger partial charge in [-0.1, -0.05) is 6.07 Å². The largest absolute Gasteiger partial charge is 0.508 e. The molecule has 1 heterocycles. The maximum Gasteiger partial charge on any atom is 0.128 e. The highest BCUT2D eigenvalue weighted by molar-refractivity contribution is 5.84. The van der Waals surface area contributed by atoms with Crippen LogP contribution in [0.5, 0.6) is 11.5 Å². The van der Waals surface area contributed by atoms with Crippen LogP contribution in [0.3, 0.4) is 0 Å². The fraction of sp³-hybridized carbons (Fsp3) is 0.125. The van der Waals surface area contributed by atoms with Gasteiger partial charge >= 0.3 is 0 Å². The van der Waals surface area contributed by atoms with Gasteiger partial charge in [0, 0.05) is 18.1 Å². The summed E-state index contributed by atoms with van der Waals surface area (Å²) < 4.78 is 7.80. The summed E-state index contributed by atoms with van der Waals surface area (Å²) in [4.78, 5) is 0. The molecule has 0 aliphatic heterocycles. The summed E-state index contributed by atoms with van der Waals surface area (Å²) in [6.45, 7) is 0.468. The molecule has 0 bridgehead atoms. The molecule has 0 amide bonds. The van der Waals surface area contributed by atoms with Gasteiger partial charge in [0.2, 0.25) is 0 Å². The van der Waals surface area contributed by atoms with Gasteiger partial charge in [-0.2, -0.15) is 0 Å². The molecule has 0 radical (unpaired) electrons. The minimum absolute atomic E-state index is 0.234. The average molecular weight is 268 g/mol. The Kier molecular flexibility index (Phi) is 2.99. The molecule has 0 unspecified atom stereocenters. The maximum absolute atomic E-state index is 9.24. The molecule has 3 aromatic rings. The Morgan fingerprint density at radius 1 is 1.10 bits per heavy atom. The molecular weight excluding hydrogens is 252 g/mol. The predicted octanol–water partition coefficient (Wildman–Crippen LogP) is 3.05. The molecule has 0 saturated carbocycles. The molecule has 2 aromatic carbocycles. The van der Waals surface area contributed by atoms with Crippen molar-refractivity contribution in [3.63, 3.8) is 0 Å². The standard InChI is InChI=1S/C16H16N2O2/c1-18-13(8-11-2-3-12(17)9-16(11)18)10-20-15-6-4-14(19)5-7-15/h2-9,19H,10,17H2,1H3. The molecule has 102 valence electrons. The number of hydrogen-bond acceptors (Lipinski definition) is 3. The topological polar surface area (TPSA) is 60.4 Å². The van der Waals surface area contributed by atoms with Crippen molar-refractivity contribution in [2.75, 3.05) is 5.73 Å². The molecule has 0 aliphatic rings. The monoisotopic (exact) mass is 268 g/mol. The number of hydrogen-bond donors (Lipinski definition) is 2. The molecule has 0 fully saturated rings. The van der Waals surface area contributed by atoms with E-state index >= 15 is 0 Å². The number of rotatable bonds is 3. The van der Waals surface area contributed by atoms with Crippen LogP contribution < -0.4 is 10.5 Å². The smallest absolute Gasteiger partial charge is 0.128 e. The number of benzene rings is 2. The van der Waals surface area contributed by atoms with Crippen LogP contribution in [0.1, 0.15) is 5.69 Å². The van der Waals surface area contributed by atoms with Crippen molar-refractivity contribution in [1.82, 2.24) is 4.57 Å². The number of nitrogen functional groups attached to an aromatic ring is 1. The van der Waals surface area contributed by atoms with Gasteiger partial charge in [0.15, 0.2) is 0 Å². The number of aromatic hydroxyl groups is 1. The van der Waals surface area contributed by atoms with E-state index in [9.17, 15) is 5.11 Å². The lowest BCUT2D eigenvalue weighted by Crippen LogP contribution is -2.01. The van der Waals surface area contributed by atoms with Crippen molar-refractivity contribution in [2.45, 2.75) is 6.61 Å². The lowest BCUT2D eigenvalue weighted by molar-refractivity contribution is 0.297. The van der Waals surface area contributed by atoms with Gasteiger partial charge in [-0.25, -0.2) is 0 Å². The van der Waals surface area contributed by atoms with E-state index in [0.717, 1.165) is 28.0 Å². The molecule has 3 rings (SSSR count). The highest BCUT2D eigenvalue weighted by Crippen LogP contribution is 2.23. The first kappa shape index (κ1) is 12.4. The quantitative estimate of drug-likeness (QED) is 0.718. The van der Waals surface area contributed by atoms with E-state index in [2.05, 4.69) is 10.6 Å². The molecule has 4 nitrogen and oxygen atoms in total. The van der Waals surface area contributed by atoms with Crippen LogP contribution in [-0.2, 0) is 13.7 Å². The molecule has 0 aliphatic carbocycles. The van der Waals surface area contributed by atoms with Crippen molar-refractivity contribution in [3.8, 4) is 11.5 Å². The highest BCUT2D eigenvalue weighted by atomic mass is 16.5. The zero-order valence-electron chi connectivity index (χ0n) is 11.2. The fourth-order valence-corrected chi connectivity index (χ4v) is 2.24. The second-order valence-corrected chi connectivity index (χ2v) is 4.80. The van der Waals surface area contributed by atoms with E-state index in [0.29, 0.717) is 6.61 Å². The van der Waals surface area contributed by atoms with Crippen molar-refractivity contribution in [3.05, 3.63) is 54.2 Å². The number of phenolic OH excluding ortho intramolecular Hbond substituents is 1. The van der Waals surface area contributed by atoms with E-state index in [4.69, 9.17) is 10.5 Å². The molecule has 20 heavy (non-hydrogen) atoms. The van der Waals surface area contributed by atoms with Gasteiger partial charge in [0.25, 0.3) is 0 Å². The van der Waals surface area contributed by atoms with Crippen LogP contribution in [0, 0.1) is 0 Å². The van der Waals surface area contributed by atoms with Gasteiger partial charge in [-0.15, -0.1) is 0 Å². The molecule has 3 N–H and O–H groups in total. The van der Waals surface area contributed by atoms with Gasteiger partial charge in [0.1, 0.15) is 18.1 Å². The average Bonchev–Trinajstić information content (AvgIpc) is 2.75. The first-order chi connectivity index (χ1) is 9.63. The first-order valence-electron chi connectivity index (χ1n) is 6.39. The minimum atomic E-state index is 0.234. The van der Waals surface area contributed by atoms with Gasteiger partial charge in [0.05, 0.1) is 11.2 Å².